The topological polar surface area (TPSA) is 86.6 Å². The number of aliphatic hydroxyl groups is 2. The van der Waals surface area contributed by atoms with Crippen molar-refractivity contribution in [3.8, 4) is 0 Å². The van der Waals surface area contributed by atoms with Crippen molar-refractivity contribution in [2.45, 2.75) is 63.1 Å². The molecular formula is C36H40O7. The van der Waals surface area contributed by atoms with Gasteiger partial charge in [-0.15, -0.1) is 0 Å². The van der Waals surface area contributed by atoms with Crippen LogP contribution in [0.15, 0.2) is 121 Å². The van der Waals surface area contributed by atoms with Gasteiger partial charge in [0.25, 0.3) is 0 Å². The molecule has 5 rings (SSSR count). The zero-order valence-corrected chi connectivity index (χ0v) is 24.2. The highest BCUT2D eigenvalue weighted by molar-refractivity contribution is 5.16. The van der Waals surface area contributed by atoms with Crippen molar-refractivity contribution >= 4 is 0 Å². The maximum atomic E-state index is 11.6. The molecule has 7 heteroatoms. The molecule has 0 saturated carbocycles. The highest BCUT2D eigenvalue weighted by atomic mass is 16.6. The van der Waals surface area contributed by atoms with Gasteiger partial charge >= 0.3 is 0 Å². The molecule has 0 unspecified atom stereocenters. The second-order valence-electron chi connectivity index (χ2n) is 10.7. The van der Waals surface area contributed by atoms with Gasteiger partial charge in [-0.05, 0) is 22.3 Å². The first kappa shape index (κ1) is 31.0. The fraction of sp³-hybridized carbons (Fsp3) is 0.333. The Morgan fingerprint density at radius 3 is 1.33 bits per heavy atom. The number of aliphatic hydroxyl groups excluding tert-OH is 2. The van der Waals surface area contributed by atoms with E-state index in [1.165, 1.54) is 0 Å². The third-order valence-electron chi connectivity index (χ3n) is 7.51. The van der Waals surface area contributed by atoms with E-state index in [0.717, 1.165) is 22.3 Å². The molecule has 6 atom stereocenters. The van der Waals surface area contributed by atoms with E-state index in [4.69, 9.17) is 23.7 Å². The number of benzene rings is 4. The zero-order chi connectivity index (χ0) is 29.7. The van der Waals surface area contributed by atoms with E-state index < -0.39 is 43.2 Å². The van der Waals surface area contributed by atoms with Gasteiger partial charge < -0.3 is 33.9 Å². The number of hydrogen-bond donors (Lipinski definition) is 2. The number of ether oxygens (including phenoxy) is 5. The maximum Gasteiger partial charge on any atom is 0.115 e. The fourth-order valence-corrected chi connectivity index (χ4v) is 5.22. The van der Waals surface area contributed by atoms with Crippen molar-refractivity contribution in [1.82, 2.24) is 0 Å². The predicted molar refractivity (Wildman–Crippen MR) is 163 cm³/mol. The van der Waals surface area contributed by atoms with Gasteiger partial charge in [-0.25, -0.2) is 0 Å². The van der Waals surface area contributed by atoms with Gasteiger partial charge in [-0.2, -0.15) is 0 Å². The Morgan fingerprint density at radius 2 is 0.884 bits per heavy atom. The zero-order valence-electron chi connectivity index (χ0n) is 24.2. The van der Waals surface area contributed by atoms with Crippen LogP contribution in [-0.4, -0.2) is 60.1 Å². The van der Waals surface area contributed by atoms with E-state index >= 15 is 0 Å². The SMILES string of the molecule is OC[C@@H]1O[C@H](COCc2ccccc2)[C@@H](OCc2ccccc2)[C@H](OCc2ccccc2)[C@@H](OCc2ccccc2)[C@@H]1O. The molecule has 0 aliphatic carbocycles. The summed E-state index contributed by atoms with van der Waals surface area (Å²) in [6, 6.07) is 39.4. The lowest BCUT2D eigenvalue weighted by Gasteiger charge is -2.35. The van der Waals surface area contributed by atoms with Crippen LogP contribution in [-0.2, 0) is 50.1 Å². The standard InChI is InChI=1S/C36H40O7/c37-21-31-33(38)35(41-24-29-17-9-3-10-18-29)36(42-25-30-19-11-4-12-20-30)34(40-23-28-15-7-2-8-16-28)32(43-31)26-39-22-27-13-5-1-6-14-27/h1-20,31-38H,21-26H2/t31-,32+,33+,34+,35-,36-/m0/s1. The molecule has 0 spiro atoms. The van der Waals surface area contributed by atoms with Crippen molar-refractivity contribution in [3.63, 3.8) is 0 Å². The Labute approximate surface area is 253 Å². The van der Waals surface area contributed by atoms with Crippen LogP contribution in [0.25, 0.3) is 0 Å². The monoisotopic (exact) mass is 584 g/mol. The van der Waals surface area contributed by atoms with Crippen molar-refractivity contribution in [1.29, 1.82) is 0 Å². The molecule has 4 aromatic rings. The average Bonchev–Trinajstić information content (AvgIpc) is 3.17. The van der Waals surface area contributed by atoms with Gasteiger partial charge in [0.1, 0.15) is 36.6 Å². The molecule has 1 aliphatic rings. The summed E-state index contributed by atoms with van der Waals surface area (Å²) < 4.78 is 32.1. The van der Waals surface area contributed by atoms with Crippen LogP contribution in [0.1, 0.15) is 22.3 Å². The first-order valence-electron chi connectivity index (χ1n) is 14.7. The van der Waals surface area contributed by atoms with Gasteiger partial charge in [0, 0.05) is 0 Å². The highest BCUT2D eigenvalue weighted by Gasteiger charge is 2.48. The number of rotatable bonds is 14. The minimum atomic E-state index is -1.18. The normalized spacial score (nSPS) is 24.0. The Hall–Kier alpha value is -3.40. The Balaban J connectivity index is 1.44. The van der Waals surface area contributed by atoms with Crippen LogP contribution in [0.3, 0.4) is 0 Å². The molecule has 226 valence electrons. The van der Waals surface area contributed by atoms with Crippen LogP contribution < -0.4 is 0 Å². The second kappa shape index (κ2) is 16.4. The van der Waals surface area contributed by atoms with Gasteiger partial charge in [0.2, 0.25) is 0 Å². The summed E-state index contributed by atoms with van der Waals surface area (Å²) in [6.07, 6.45) is -5.07. The van der Waals surface area contributed by atoms with E-state index in [-0.39, 0.29) is 19.8 Å². The first-order valence-corrected chi connectivity index (χ1v) is 14.7. The molecule has 0 aromatic heterocycles. The Bertz CT molecular complexity index is 1310. The van der Waals surface area contributed by atoms with Crippen LogP contribution in [0, 0.1) is 0 Å². The van der Waals surface area contributed by atoms with Crippen LogP contribution in [0.2, 0.25) is 0 Å². The third-order valence-corrected chi connectivity index (χ3v) is 7.51. The molecular weight excluding hydrogens is 544 g/mol. The lowest BCUT2D eigenvalue weighted by atomic mass is 9.98. The maximum absolute atomic E-state index is 11.6. The minimum absolute atomic E-state index is 0.161. The van der Waals surface area contributed by atoms with Gasteiger partial charge in [-0.1, -0.05) is 121 Å². The van der Waals surface area contributed by atoms with E-state index in [1.807, 2.05) is 121 Å². The van der Waals surface area contributed by atoms with Gasteiger partial charge in [-0.3, -0.25) is 0 Å². The van der Waals surface area contributed by atoms with E-state index in [0.29, 0.717) is 13.2 Å². The molecule has 0 radical (unpaired) electrons. The van der Waals surface area contributed by atoms with Crippen molar-refractivity contribution in [2.24, 2.45) is 0 Å². The van der Waals surface area contributed by atoms with Gasteiger partial charge in [0.05, 0.1) is 39.6 Å². The molecule has 0 bridgehead atoms. The summed E-state index contributed by atoms with van der Waals surface area (Å²) in [5, 5.41) is 21.9. The third kappa shape index (κ3) is 9.05. The lowest BCUT2D eigenvalue weighted by molar-refractivity contribution is -0.184. The lowest BCUT2D eigenvalue weighted by Crippen LogP contribution is -2.51. The van der Waals surface area contributed by atoms with Crippen LogP contribution in [0.4, 0.5) is 0 Å². The van der Waals surface area contributed by atoms with Gasteiger partial charge in [0.15, 0.2) is 0 Å². The van der Waals surface area contributed by atoms with E-state index in [1.54, 1.807) is 0 Å². The Morgan fingerprint density at radius 1 is 0.488 bits per heavy atom. The number of hydrogen-bond acceptors (Lipinski definition) is 7. The first-order chi connectivity index (χ1) is 21.2. The average molecular weight is 585 g/mol. The molecule has 0 amide bonds. The minimum Gasteiger partial charge on any atom is -0.394 e. The van der Waals surface area contributed by atoms with Crippen molar-refractivity contribution in [2.75, 3.05) is 13.2 Å². The van der Waals surface area contributed by atoms with Crippen LogP contribution in [0.5, 0.6) is 0 Å². The quantitative estimate of drug-likeness (QED) is 0.214. The van der Waals surface area contributed by atoms with Crippen LogP contribution >= 0.6 is 0 Å². The molecule has 4 aromatic carbocycles. The largest absolute Gasteiger partial charge is 0.394 e. The summed E-state index contributed by atoms with van der Waals surface area (Å²) in [6.45, 7) is 0.942. The Kier molecular flexibility index (Phi) is 11.9. The molecule has 43 heavy (non-hydrogen) atoms. The second-order valence-corrected chi connectivity index (χ2v) is 10.7. The summed E-state index contributed by atoms with van der Waals surface area (Å²) in [7, 11) is 0. The predicted octanol–water partition coefficient (Wildman–Crippen LogP) is 5.08. The van der Waals surface area contributed by atoms with E-state index in [9.17, 15) is 10.2 Å². The van der Waals surface area contributed by atoms with Crippen molar-refractivity contribution in [3.05, 3.63) is 144 Å². The summed E-state index contributed by atoms with van der Waals surface area (Å²) in [5.74, 6) is 0. The highest BCUT2D eigenvalue weighted by Crippen LogP contribution is 2.30. The fourth-order valence-electron chi connectivity index (χ4n) is 5.22. The summed E-state index contributed by atoms with van der Waals surface area (Å²) >= 11 is 0. The van der Waals surface area contributed by atoms with E-state index in [2.05, 4.69) is 0 Å². The smallest absolute Gasteiger partial charge is 0.115 e. The molecule has 2 N–H and O–H groups in total. The molecule has 1 saturated heterocycles. The molecule has 7 nitrogen and oxygen atoms in total. The summed E-state index contributed by atoms with van der Waals surface area (Å²) in [5.41, 5.74) is 3.93. The summed E-state index contributed by atoms with van der Waals surface area (Å²) in [4.78, 5) is 0. The molecule has 1 aliphatic heterocycles. The molecule has 1 fully saturated rings. The molecule has 1 heterocycles. The van der Waals surface area contributed by atoms with Crippen molar-refractivity contribution < 1.29 is 33.9 Å².